The molecule has 2 N–H and O–H groups in total. The smallest absolute Gasteiger partial charge is 0.276 e. The van der Waals surface area contributed by atoms with Crippen molar-refractivity contribution in [1.82, 2.24) is 15.1 Å². The summed E-state index contributed by atoms with van der Waals surface area (Å²) in [4.78, 5) is 18.6. The van der Waals surface area contributed by atoms with Crippen LogP contribution in [0.4, 0.5) is 17.3 Å². The second-order valence-electron chi connectivity index (χ2n) is 3.97. The summed E-state index contributed by atoms with van der Waals surface area (Å²) in [5.41, 5.74) is -0.0415. The molecule has 0 atom stereocenters. The number of pyridine rings is 1. The molecule has 0 saturated heterocycles. The van der Waals surface area contributed by atoms with Crippen LogP contribution in [0.2, 0.25) is 0 Å². The molecule has 0 fully saturated rings. The second kappa shape index (κ2) is 5.95. The van der Waals surface area contributed by atoms with Gasteiger partial charge in [0, 0.05) is 6.54 Å². The highest BCUT2D eigenvalue weighted by molar-refractivity contribution is 5.54. The van der Waals surface area contributed by atoms with Crippen molar-refractivity contribution in [3.63, 3.8) is 0 Å². The first-order valence-electron chi connectivity index (χ1n) is 6.02. The Bertz CT molecular complexity index is 612. The SMILES string of the molecule is CCNc1cc([N+](=O)[O-])cc(NCc2nc(C)no2)n1. The molecule has 0 saturated carbocycles. The first-order chi connectivity index (χ1) is 9.58. The molecule has 0 spiro atoms. The molecule has 0 amide bonds. The summed E-state index contributed by atoms with van der Waals surface area (Å²) in [6.45, 7) is 4.47. The lowest BCUT2D eigenvalue weighted by Crippen LogP contribution is -2.06. The number of aryl methyl sites for hydroxylation is 1. The number of hydrogen-bond donors (Lipinski definition) is 2. The van der Waals surface area contributed by atoms with E-state index in [4.69, 9.17) is 4.52 Å². The Morgan fingerprint density at radius 2 is 2.00 bits per heavy atom. The number of nitro groups is 1. The molecule has 0 unspecified atom stereocenters. The summed E-state index contributed by atoms with van der Waals surface area (Å²) in [5, 5.41) is 20.4. The van der Waals surface area contributed by atoms with Crippen LogP contribution >= 0.6 is 0 Å². The summed E-state index contributed by atoms with van der Waals surface area (Å²) >= 11 is 0. The van der Waals surface area contributed by atoms with Gasteiger partial charge in [0.2, 0.25) is 5.89 Å². The largest absolute Gasteiger partial charge is 0.370 e. The highest BCUT2D eigenvalue weighted by atomic mass is 16.6. The fourth-order valence-corrected chi connectivity index (χ4v) is 1.56. The lowest BCUT2D eigenvalue weighted by Gasteiger charge is -2.06. The third-order valence-electron chi connectivity index (χ3n) is 2.37. The second-order valence-corrected chi connectivity index (χ2v) is 3.97. The molecule has 0 aliphatic carbocycles. The van der Waals surface area contributed by atoms with Crippen molar-refractivity contribution in [3.8, 4) is 0 Å². The maximum absolute atomic E-state index is 10.9. The molecule has 0 aromatic carbocycles. The monoisotopic (exact) mass is 278 g/mol. The van der Waals surface area contributed by atoms with Crippen molar-refractivity contribution >= 4 is 17.3 Å². The van der Waals surface area contributed by atoms with Gasteiger partial charge in [0.15, 0.2) is 5.82 Å². The van der Waals surface area contributed by atoms with Crippen LogP contribution in [0.1, 0.15) is 18.6 Å². The van der Waals surface area contributed by atoms with Gasteiger partial charge in [-0.15, -0.1) is 0 Å². The van der Waals surface area contributed by atoms with Crippen LogP contribution in [0.5, 0.6) is 0 Å². The van der Waals surface area contributed by atoms with Crippen molar-refractivity contribution < 1.29 is 9.45 Å². The fourth-order valence-electron chi connectivity index (χ4n) is 1.56. The zero-order valence-electron chi connectivity index (χ0n) is 11.1. The standard InChI is InChI=1S/C11H14N6O3/c1-3-12-9-4-8(17(18)19)5-10(15-9)13-6-11-14-7(2)16-20-11/h4-5H,3,6H2,1-2H3,(H2,12,13,15). The molecule has 20 heavy (non-hydrogen) atoms. The molecule has 2 rings (SSSR count). The number of rotatable bonds is 6. The average molecular weight is 278 g/mol. The van der Waals surface area contributed by atoms with E-state index in [-0.39, 0.29) is 12.2 Å². The zero-order valence-corrected chi connectivity index (χ0v) is 11.1. The Labute approximate surface area is 114 Å². The minimum atomic E-state index is -0.468. The average Bonchev–Trinajstić information content (AvgIpc) is 2.82. The van der Waals surface area contributed by atoms with E-state index >= 15 is 0 Å². The Kier molecular flexibility index (Phi) is 4.08. The van der Waals surface area contributed by atoms with E-state index in [2.05, 4.69) is 25.8 Å². The highest BCUT2D eigenvalue weighted by Crippen LogP contribution is 2.20. The molecule has 2 aromatic heterocycles. The minimum Gasteiger partial charge on any atom is -0.370 e. The van der Waals surface area contributed by atoms with E-state index < -0.39 is 4.92 Å². The summed E-state index contributed by atoms with van der Waals surface area (Å²) < 4.78 is 4.94. The third kappa shape index (κ3) is 3.40. The van der Waals surface area contributed by atoms with Crippen LogP contribution in [0.15, 0.2) is 16.7 Å². The van der Waals surface area contributed by atoms with E-state index in [9.17, 15) is 10.1 Å². The van der Waals surface area contributed by atoms with Gasteiger partial charge in [-0.1, -0.05) is 5.16 Å². The van der Waals surface area contributed by atoms with Crippen LogP contribution < -0.4 is 10.6 Å². The number of nitrogens with zero attached hydrogens (tertiary/aromatic N) is 4. The van der Waals surface area contributed by atoms with Crippen LogP contribution in [-0.2, 0) is 6.54 Å². The van der Waals surface area contributed by atoms with Crippen LogP contribution in [0.3, 0.4) is 0 Å². The summed E-state index contributed by atoms with van der Waals surface area (Å²) in [6.07, 6.45) is 0. The van der Waals surface area contributed by atoms with Crippen molar-refractivity contribution in [3.05, 3.63) is 34.0 Å². The molecule has 2 aromatic rings. The van der Waals surface area contributed by atoms with E-state index in [0.29, 0.717) is 29.9 Å². The van der Waals surface area contributed by atoms with E-state index in [1.54, 1.807) is 6.92 Å². The molecular formula is C11H14N6O3. The lowest BCUT2D eigenvalue weighted by molar-refractivity contribution is -0.384. The molecule has 9 heteroatoms. The van der Waals surface area contributed by atoms with Gasteiger partial charge < -0.3 is 15.2 Å². The fraction of sp³-hybridized carbons (Fsp3) is 0.364. The van der Waals surface area contributed by atoms with Crippen LogP contribution in [0.25, 0.3) is 0 Å². The molecule has 9 nitrogen and oxygen atoms in total. The van der Waals surface area contributed by atoms with Gasteiger partial charge >= 0.3 is 0 Å². The molecule has 0 bridgehead atoms. The highest BCUT2D eigenvalue weighted by Gasteiger charge is 2.11. The van der Waals surface area contributed by atoms with Gasteiger partial charge in [-0.25, -0.2) is 4.98 Å². The maximum atomic E-state index is 10.9. The van der Waals surface area contributed by atoms with Crippen LogP contribution in [-0.4, -0.2) is 26.6 Å². The molecule has 0 radical (unpaired) electrons. The zero-order chi connectivity index (χ0) is 14.5. The molecule has 0 aliphatic rings. The first kappa shape index (κ1) is 13.7. The topological polar surface area (TPSA) is 119 Å². The third-order valence-corrected chi connectivity index (χ3v) is 2.37. The Balaban J connectivity index is 2.15. The molecule has 2 heterocycles. The van der Waals surface area contributed by atoms with Crippen molar-refractivity contribution in [1.29, 1.82) is 0 Å². The summed E-state index contributed by atoms with van der Waals surface area (Å²) in [5.74, 6) is 1.72. The van der Waals surface area contributed by atoms with Crippen molar-refractivity contribution in [2.75, 3.05) is 17.2 Å². The Hall–Kier alpha value is -2.71. The predicted octanol–water partition coefficient (Wildman–Crippen LogP) is 1.73. The maximum Gasteiger partial charge on any atom is 0.276 e. The number of nitrogens with one attached hydrogen (secondary N) is 2. The Morgan fingerprint density at radius 3 is 2.55 bits per heavy atom. The van der Waals surface area contributed by atoms with Crippen LogP contribution in [0, 0.1) is 17.0 Å². The Morgan fingerprint density at radius 1 is 1.30 bits per heavy atom. The lowest BCUT2D eigenvalue weighted by atomic mass is 10.3. The van der Waals surface area contributed by atoms with E-state index in [1.165, 1.54) is 12.1 Å². The first-order valence-corrected chi connectivity index (χ1v) is 6.02. The molecular weight excluding hydrogens is 264 g/mol. The minimum absolute atomic E-state index is 0.0415. The number of aromatic nitrogens is 3. The molecule has 0 aliphatic heterocycles. The van der Waals surface area contributed by atoms with Gasteiger partial charge in [0.25, 0.3) is 5.69 Å². The predicted molar refractivity (Wildman–Crippen MR) is 71.4 cm³/mol. The van der Waals surface area contributed by atoms with Gasteiger partial charge in [-0.05, 0) is 13.8 Å². The van der Waals surface area contributed by atoms with Crippen molar-refractivity contribution in [2.45, 2.75) is 20.4 Å². The van der Waals surface area contributed by atoms with Gasteiger partial charge in [-0.3, -0.25) is 10.1 Å². The normalized spacial score (nSPS) is 10.3. The van der Waals surface area contributed by atoms with Gasteiger partial charge in [-0.2, -0.15) is 4.98 Å². The van der Waals surface area contributed by atoms with Gasteiger partial charge in [0.1, 0.15) is 11.6 Å². The summed E-state index contributed by atoms with van der Waals surface area (Å²) in [7, 11) is 0. The summed E-state index contributed by atoms with van der Waals surface area (Å²) in [6, 6.07) is 2.73. The van der Waals surface area contributed by atoms with Gasteiger partial charge in [0.05, 0.1) is 23.6 Å². The molecule has 106 valence electrons. The van der Waals surface area contributed by atoms with E-state index in [0.717, 1.165) is 0 Å². The quantitative estimate of drug-likeness (QED) is 0.605. The number of anilines is 2. The van der Waals surface area contributed by atoms with Crippen molar-refractivity contribution in [2.24, 2.45) is 0 Å². The number of hydrogen-bond acceptors (Lipinski definition) is 8. The van der Waals surface area contributed by atoms with E-state index in [1.807, 2.05) is 6.92 Å².